The van der Waals surface area contributed by atoms with Crippen molar-refractivity contribution in [1.29, 1.82) is 0 Å². The fourth-order valence-corrected chi connectivity index (χ4v) is 2.95. The minimum Gasteiger partial charge on any atom is -0.456 e. The zero-order valence-electron chi connectivity index (χ0n) is 13.3. The van der Waals surface area contributed by atoms with Gasteiger partial charge in [0.25, 0.3) is 0 Å². The summed E-state index contributed by atoms with van der Waals surface area (Å²) < 4.78 is 31.2. The first-order valence-electron chi connectivity index (χ1n) is 7.19. The van der Waals surface area contributed by atoms with Crippen molar-refractivity contribution in [2.24, 2.45) is 0 Å². The maximum atomic E-state index is 12.1. The van der Waals surface area contributed by atoms with E-state index in [1.807, 2.05) is 6.92 Å². The molecule has 1 aromatic heterocycles. The van der Waals surface area contributed by atoms with E-state index in [-0.39, 0.29) is 4.90 Å². The molecule has 0 radical (unpaired) electrons. The Balaban J connectivity index is 1.88. The highest BCUT2D eigenvalue weighted by Crippen LogP contribution is 2.14. The van der Waals surface area contributed by atoms with Crippen molar-refractivity contribution in [3.05, 3.63) is 53.3 Å². The molecule has 2 aromatic rings. The lowest BCUT2D eigenvalue weighted by molar-refractivity contribution is -0.141. The number of esters is 1. The molecule has 0 atom stereocenters. The van der Waals surface area contributed by atoms with Crippen molar-refractivity contribution < 1.29 is 22.7 Å². The van der Waals surface area contributed by atoms with Crippen LogP contribution in [0.25, 0.3) is 0 Å². The van der Waals surface area contributed by atoms with Crippen LogP contribution in [0.15, 0.2) is 41.4 Å². The molecule has 0 aliphatic carbocycles. The van der Waals surface area contributed by atoms with Gasteiger partial charge in [0.05, 0.1) is 10.6 Å². The van der Waals surface area contributed by atoms with Gasteiger partial charge in [0, 0.05) is 6.20 Å². The molecule has 2 rings (SSSR count). The normalized spacial score (nSPS) is 11.2. The van der Waals surface area contributed by atoms with Crippen LogP contribution in [0.2, 0.25) is 0 Å². The van der Waals surface area contributed by atoms with Crippen LogP contribution < -0.4 is 4.72 Å². The Morgan fingerprint density at radius 3 is 2.54 bits per heavy atom. The first-order valence-corrected chi connectivity index (χ1v) is 8.67. The summed E-state index contributed by atoms with van der Waals surface area (Å²) in [5, 5.41) is 0. The van der Waals surface area contributed by atoms with E-state index in [9.17, 15) is 18.0 Å². The molecule has 1 aromatic carbocycles. The van der Waals surface area contributed by atoms with Gasteiger partial charge in [0.2, 0.25) is 15.8 Å². The van der Waals surface area contributed by atoms with E-state index in [0.717, 1.165) is 11.1 Å². The van der Waals surface area contributed by atoms with Gasteiger partial charge in [-0.05, 0) is 49.2 Å². The minimum atomic E-state index is -3.82. The Morgan fingerprint density at radius 1 is 1.17 bits per heavy atom. The van der Waals surface area contributed by atoms with Gasteiger partial charge in [-0.15, -0.1) is 0 Å². The zero-order valence-corrected chi connectivity index (χ0v) is 14.1. The molecule has 0 aliphatic heterocycles. The number of ether oxygens (including phenoxy) is 1. The van der Waals surface area contributed by atoms with Gasteiger partial charge in [0.15, 0.2) is 6.61 Å². The van der Waals surface area contributed by atoms with Gasteiger partial charge in [0.1, 0.15) is 6.54 Å². The fraction of sp³-hybridized carbons (Fsp3) is 0.250. The third-order valence-electron chi connectivity index (χ3n) is 3.46. The van der Waals surface area contributed by atoms with Crippen molar-refractivity contribution in [1.82, 2.24) is 9.71 Å². The Bertz CT molecular complexity index is 841. The number of carbonyl (C=O) groups is 2. The lowest BCUT2D eigenvalue weighted by Crippen LogP contribution is -2.31. The van der Waals surface area contributed by atoms with Crippen LogP contribution in [0.4, 0.5) is 0 Å². The highest BCUT2D eigenvalue weighted by molar-refractivity contribution is 7.89. The molecule has 24 heavy (non-hydrogen) atoms. The molecule has 0 bridgehead atoms. The number of H-pyrrole nitrogens is 1. The first-order chi connectivity index (χ1) is 11.3. The predicted octanol–water partition coefficient (Wildman–Crippen LogP) is 1.34. The summed E-state index contributed by atoms with van der Waals surface area (Å²) in [6.45, 7) is 2.67. The average Bonchev–Trinajstić information content (AvgIpc) is 3.07. The second kappa shape index (κ2) is 7.41. The molecule has 0 spiro atoms. The fourth-order valence-electron chi connectivity index (χ4n) is 1.90. The summed E-state index contributed by atoms with van der Waals surface area (Å²) in [6.07, 6.45) is 1.58. The number of carbonyl (C=O) groups excluding carboxylic acids is 2. The van der Waals surface area contributed by atoms with Crippen molar-refractivity contribution in [3.63, 3.8) is 0 Å². The molecule has 0 fully saturated rings. The maximum absolute atomic E-state index is 12.1. The van der Waals surface area contributed by atoms with E-state index < -0.39 is 34.9 Å². The van der Waals surface area contributed by atoms with Crippen LogP contribution in [0, 0.1) is 13.8 Å². The third-order valence-corrected chi connectivity index (χ3v) is 4.86. The van der Waals surface area contributed by atoms with E-state index in [2.05, 4.69) is 9.71 Å². The lowest BCUT2D eigenvalue weighted by Gasteiger charge is -2.08. The van der Waals surface area contributed by atoms with Gasteiger partial charge >= 0.3 is 5.97 Å². The van der Waals surface area contributed by atoms with Crippen LogP contribution in [-0.4, -0.2) is 38.3 Å². The number of benzene rings is 1. The van der Waals surface area contributed by atoms with Gasteiger partial charge in [-0.3, -0.25) is 9.59 Å². The van der Waals surface area contributed by atoms with Crippen LogP contribution in [-0.2, 0) is 19.6 Å². The van der Waals surface area contributed by atoms with Gasteiger partial charge in [-0.25, -0.2) is 8.42 Å². The third kappa shape index (κ3) is 4.53. The molecule has 0 amide bonds. The van der Waals surface area contributed by atoms with Gasteiger partial charge in [-0.1, -0.05) is 6.07 Å². The molecular formula is C16H18N2O5S. The van der Waals surface area contributed by atoms with E-state index in [1.165, 1.54) is 12.1 Å². The Morgan fingerprint density at radius 2 is 1.92 bits per heavy atom. The zero-order chi connectivity index (χ0) is 17.7. The van der Waals surface area contributed by atoms with Crippen LogP contribution in [0.3, 0.4) is 0 Å². The standard InChI is InChI=1S/C16H18N2O5S/c1-11-5-6-13(8-12(11)2)24(21,22)18-9-16(20)23-10-15(19)14-4-3-7-17-14/h3-8,17-18H,9-10H2,1-2H3. The monoisotopic (exact) mass is 350 g/mol. The lowest BCUT2D eigenvalue weighted by atomic mass is 10.1. The summed E-state index contributed by atoms with van der Waals surface area (Å²) in [5.74, 6) is -1.23. The minimum absolute atomic E-state index is 0.0702. The van der Waals surface area contributed by atoms with Crippen LogP contribution in [0.5, 0.6) is 0 Å². The van der Waals surface area contributed by atoms with Crippen LogP contribution in [0.1, 0.15) is 21.6 Å². The summed E-state index contributed by atoms with van der Waals surface area (Å²) in [5.41, 5.74) is 2.12. The Hall–Kier alpha value is -2.45. The molecule has 1 heterocycles. The van der Waals surface area contributed by atoms with Gasteiger partial charge in [-0.2, -0.15) is 4.72 Å². The number of nitrogens with one attached hydrogen (secondary N) is 2. The highest BCUT2D eigenvalue weighted by atomic mass is 32.2. The van der Waals surface area contributed by atoms with Crippen molar-refractivity contribution in [2.75, 3.05) is 13.2 Å². The number of hydrogen-bond acceptors (Lipinski definition) is 5. The van der Waals surface area contributed by atoms with E-state index in [4.69, 9.17) is 4.74 Å². The number of sulfonamides is 1. The van der Waals surface area contributed by atoms with E-state index >= 15 is 0 Å². The average molecular weight is 350 g/mol. The molecule has 2 N–H and O–H groups in total. The summed E-state index contributed by atoms with van der Waals surface area (Å²) in [6, 6.07) is 7.88. The smallest absolute Gasteiger partial charge is 0.321 e. The largest absolute Gasteiger partial charge is 0.456 e. The van der Waals surface area contributed by atoms with Crippen molar-refractivity contribution in [2.45, 2.75) is 18.7 Å². The molecule has 8 heteroatoms. The topological polar surface area (TPSA) is 105 Å². The number of ketones is 1. The Labute approximate surface area is 140 Å². The molecule has 0 aliphatic rings. The quantitative estimate of drug-likeness (QED) is 0.579. The second-order valence-electron chi connectivity index (χ2n) is 5.24. The SMILES string of the molecule is Cc1ccc(S(=O)(=O)NCC(=O)OCC(=O)c2ccc[nH]2)cc1C. The van der Waals surface area contributed by atoms with Gasteiger partial charge < -0.3 is 9.72 Å². The van der Waals surface area contributed by atoms with Crippen molar-refractivity contribution in [3.8, 4) is 0 Å². The summed E-state index contributed by atoms with van der Waals surface area (Å²) in [4.78, 5) is 26.0. The summed E-state index contributed by atoms with van der Waals surface area (Å²) >= 11 is 0. The molecule has 7 nitrogen and oxygen atoms in total. The first kappa shape index (κ1) is 17.9. The number of aromatic amines is 1. The number of aryl methyl sites for hydroxylation is 2. The van der Waals surface area contributed by atoms with Crippen molar-refractivity contribution >= 4 is 21.8 Å². The van der Waals surface area contributed by atoms with Crippen LogP contribution >= 0.6 is 0 Å². The Kier molecular flexibility index (Phi) is 5.53. The highest BCUT2D eigenvalue weighted by Gasteiger charge is 2.17. The molecule has 0 unspecified atom stereocenters. The summed E-state index contributed by atoms with van der Waals surface area (Å²) in [7, 11) is -3.82. The maximum Gasteiger partial charge on any atom is 0.321 e. The molecule has 0 saturated carbocycles. The predicted molar refractivity (Wildman–Crippen MR) is 87.2 cm³/mol. The second-order valence-corrected chi connectivity index (χ2v) is 7.01. The van der Waals surface area contributed by atoms with E-state index in [1.54, 1.807) is 31.3 Å². The number of Topliss-reactive ketones (excluding diaryl/α,β-unsaturated/α-hetero) is 1. The number of aromatic nitrogens is 1. The molecule has 128 valence electrons. The number of hydrogen-bond donors (Lipinski definition) is 2. The molecule has 0 saturated heterocycles. The molecular weight excluding hydrogens is 332 g/mol. The number of rotatable bonds is 7. The van der Waals surface area contributed by atoms with E-state index in [0.29, 0.717) is 5.69 Å².